The summed E-state index contributed by atoms with van der Waals surface area (Å²) in [5.74, 6) is -0.920. The number of carboxylic acids is 1. The SMILES string of the molecule is CC1CC(n2cnc3cc(C(=O)O)ccc32)CCO1. The van der Waals surface area contributed by atoms with Crippen LogP contribution in [0.1, 0.15) is 36.2 Å². The standard InChI is InChI=1S/C14H16N2O3/c1-9-6-11(4-5-19-9)16-8-15-12-7-10(14(17)18)2-3-13(12)16/h2-3,7-9,11H,4-6H2,1H3,(H,17,18). The highest BCUT2D eigenvalue weighted by atomic mass is 16.5. The van der Waals surface area contributed by atoms with Gasteiger partial charge in [-0.05, 0) is 38.0 Å². The lowest BCUT2D eigenvalue weighted by Crippen LogP contribution is -2.25. The van der Waals surface area contributed by atoms with E-state index in [4.69, 9.17) is 9.84 Å². The highest BCUT2D eigenvalue weighted by Crippen LogP contribution is 2.28. The highest BCUT2D eigenvalue weighted by molar-refractivity contribution is 5.92. The first-order valence-electron chi connectivity index (χ1n) is 6.46. The lowest BCUT2D eigenvalue weighted by atomic mass is 10.0. The Balaban J connectivity index is 1.98. The Morgan fingerprint density at radius 3 is 3.11 bits per heavy atom. The summed E-state index contributed by atoms with van der Waals surface area (Å²) >= 11 is 0. The molecule has 2 aromatic rings. The second-order valence-corrected chi connectivity index (χ2v) is 5.02. The van der Waals surface area contributed by atoms with Gasteiger partial charge in [-0.1, -0.05) is 0 Å². The van der Waals surface area contributed by atoms with Gasteiger partial charge in [0.05, 0.1) is 29.0 Å². The molecule has 19 heavy (non-hydrogen) atoms. The van der Waals surface area contributed by atoms with Crippen LogP contribution in [0.15, 0.2) is 24.5 Å². The van der Waals surface area contributed by atoms with Crippen molar-refractivity contribution in [2.24, 2.45) is 0 Å². The van der Waals surface area contributed by atoms with E-state index in [1.807, 2.05) is 6.07 Å². The molecule has 1 aliphatic rings. The number of fused-ring (bicyclic) bond motifs is 1. The number of ether oxygens (including phenoxy) is 1. The summed E-state index contributed by atoms with van der Waals surface area (Å²) in [6, 6.07) is 5.47. The van der Waals surface area contributed by atoms with Crippen LogP contribution in [0.25, 0.3) is 11.0 Å². The van der Waals surface area contributed by atoms with Crippen LogP contribution in [0.4, 0.5) is 0 Å². The molecule has 3 rings (SSSR count). The fourth-order valence-electron chi connectivity index (χ4n) is 2.68. The average Bonchev–Trinajstić information content (AvgIpc) is 2.81. The van der Waals surface area contributed by atoms with Gasteiger partial charge in [0.15, 0.2) is 0 Å². The van der Waals surface area contributed by atoms with Crippen LogP contribution >= 0.6 is 0 Å². The summed E-state index contributed by atoms with van der Waals surface area (Å²) in [6.07, 6.45) is 4.00. The van der Waals surface area contributed by atoms with Crippen molar-refractivity contribution in [3.05, 3.63) is 30.1 Å². The maximum absolute atomic E-state index is 10.9. The molecule has 2 atom stereocenters. The van der Waals surface area contributed by atoms with Crippen molar-refractivity contribution in [1.29, 1.82) is 0 Å². The number of rotatable bonds is 2. The van der Waals surface area contributed by atoms with Gasteiger partial charge in [0.1, 0.15) is 0 Å². The number of carbonyl (C=O) groups is 1. The predicted molar refractivity (Wildman–Crippen MR) is 70.4 cm³/mol. The minimum absolute atomic E-state index is 0.259. The molecule has 100 valence electrons. The van der Waals surface area contributed by atoms with Crippen molar-refractivity contribution < 1.29 is 14.6 Å². The maximum Gasteiger partial charge on any atom is 0.335 e. The van der Waals surface area contributed by atoms with Crippen molar-refractivity contribution in [1.82, 2.24) is 9.55 Å². The summed E-state index contributed by atoms with van der Waals surface area (Å²) < 4.78 is 7.70. The van der Waals surface area contributed by atoms with Crippen LogP contribution in [0, 0.1) is 0 Å². The fraction of sp³-hybridized carbons (Fsp3) is 0.429. The fourth-order valence-corrected chi connectivity index (χ4v) is 2.68. The number of benzene rings is 1. The Hall–Kier alpha value is -1.88. The Kier molecular flexibility index (Phi) is 2.98. The molecule has 1 N–H and O–H groups in total. The van der Waals surface area contributed by atoms with Crippen molar-refractivity contribution in [2.75, 3.05) is 6.61 Å². The van der Waals surface area contributed by atoms with Gasteiger partial charge >= 0.3 is 5.97 Å². The smallest absolute Gasteiger partial charge is 0.335 e. The monoisotopic (exact) mass is 260 g/mol. The quantitative estimate of drug-likeness (QED) is 0.901. The first kappa shape index (κ1) is 12.2. The van der Waals surface area contributed by atoms with E-state index >= 15 is 0 Å². The lowest BCUT2D eigenvalue weighted by molar-refractivity contribution is 0.00671. The van der Waals surface area contributed by atoms with Crippen molar-refractivity contribution in [2.45, 2.75) is 31.9 Å². The van der Waals surface area contributed by atoms with Crippen LogP contribution in [-0.4, -0.2) is 33.3 Å². The first-order valence-corrected chi connectivity index (χ1v) is 6.46. The zero-order chi connectivity index (χ0) is 13.4. The number of nitrogens with zero attached hydrogens (tertiary/aromatic N) is 2. The molecular weight excluding hydrogens is 244 g/mol. The number of aromatic carboxylic acids is 1. The van der Waals surface area contributed by atoms with E-state index in [2.05, 4.69) is 16.5 Å². The minimum atomic E-state index is -0.920. The van der Waals surface area contributed by atoms with E-state index in [0.717, 1.165) is 30.5 Å². The highest BCUT2D eigenvalue weighted by Gasteiger charge is 2.22. The number of hydrogen-bond donors (Lipinski definition) is 1. The van der Waals surface area contributed by atoms with E-state index in [-0.39, 0.29) is 11.7 Å². The molecule has 5 heteroatoms. The van der Waals surface area contributed by atoms with E-state index in [0.29, 0.717) is 6.04 Å². The van der Waals surface area contributed by atoms with E-state index < -0.39 is 5.97 Å². The molecule has 1 aliphatic heterocycles. The van der Waals surface area contributed by atoms with Gasteiger partial charge in [0.2, 0.25) is 0 Å². The van der Waals surface area contributed by atoms with Crippen LogP contribution in [-0.2, 0) is 4.74 Å². The van der Waals surface area contributed by atoms with Gasteiger partial charge in [-0.25, -0.2) is 9.78 Å². The van der Waals surface area contributed by atoms with E-state index in [9.17, 15) is 4.79 Å². The van der Waals surface area contributed by atoms with Gasteiger partial charge in [0.25, 0.3) is 0 Å². The average molecular weight is 260 g/mol. The summed E-state index contributed by atoms with van der Waals surface area (Å²) in [4.78, 5) is 15.3. The van der Waals surface area contributed by atoms with Crippen LogP contribution < -0.4 is 0 Å². The molecule has 0 amide bonds. The third kappa shape index (κ3) is 2.21. The molecule has 0 bridgehead atoms. The third-order valence-corrected chi connectivity index (χ3v) is 3.67. The molecule has 0 saturated carbocycles. The maximum atomic E-state index is 10.9. The number of carboxylic acid groups (broad SMARTS) is 1. The molecule has 0 spiro atoms. The molecular formula is C14H16N2O3. The summed E-state index contributed by atoms with van der Waals surface area (Å²) in [5.41, 5.74) is 2.00. The largest absolute Gasteiger partial charge is 0.478 e. The predicted octanol–water partition coefficient (Wildman–Crippen LogP) is 2.47. The van der Waals surface area contributed by atoms with Gasteiger partial charge in [-0.15, -0.1) is 0 Å². The Morgan fingerprint density at radius 2 is 2.37 bits per heavy atom. The number of hydrogen-bond acceptors (Lipinski definition) is 3. The molecule has 2 heterocycles. The number of imidazole rings is 1. The van der Waals surface area contributed by atoms with Gasteiger partial charge < -0.3 is 14.4 Å². The number of aromatic nitrogens is 2. The summed E-state index contributed by atoms with van der Waals surface area (Å²) in [7, 11) is 0. The Morgan fingerprint density at radius 1 is 1.53 bits per heavy atom. The normalized spacial score (nSPS) is 23.6. The van der Waals surface area contributed by atoms with Crippen molar-refractivity contribution in [3.8, 4) is 0 Å². The molecule has 2 unspecified atom stereocenters. The van der Waals surface area contributed by atoms with Crippen molar-refractivity contribution >= 4 is 17.0 Å². The molecule has 1 fully saturated rings. The van der Waals surface area contributed by atoms with Crippen LogP contribution in [0.5, 0.6) is 0 Å². The zero-order valence-electron chi connectivity index (χ0n) is 10.7. The van der Waals surface area contributed by atoms with Gasteiger partial charge in [0, 0.05) is 12.6 Å². The molecule has 1 aromatic heterocycles. The molecule has 0 radical (unpaired) electrons. The lowest BCUT2D eigenvalue weighted by Gasteiger charge is -2.28. The molecule has 1 aromatic carbocycles. The molecule has 0 aliphatic carbocycles. The summed E-state index contributed by atoms with van der Waals surface area (Å²) in [5, 5.41) is 8.98. The minimum Gasteiger partial charge on any atom is -0.478 e. The second kappa shape index (κ2) is 4.66. The Bertz CT molecular complexity index is 620. The first-order chi connectivity index (χ1) is 9.15. The molecule has 5 nitrogen and oxygen atoms in total. The Labute approximate surface area is 110 Å². The summed E-state index contributed by atoms with van der Waals surface area (Å²) in [6.45, 7) is 2.84. The molecule has 1 saturated heterocycles. The van der Waals surface area contributed by atoms with E-state index in [1.54, 1.807) is 18.5 Å². The van der Waals surface area contributed by atoms with Crippen LogP contribution in [0.3, 0.4) is 0 Å². The van der Waals surface area contributed by atoms with Crippen LogP contribution in [0.2, 0.25) is 0 Å². The van der Waals surface area contributed by atoms with Gasteiger partial charge in [-0.2, -0.15) is 0 Å². The van der Waals surface area contributed by atoms with Gasteiger partial charge in [-0.3, -0.25) is 0 Å². The van der Waals surface area contributed by atoms with E-state index in [1.165, 1.54) is 0 Å². The third-order valence-electron chi connectivity index (χ3n) is 3.67. The second-order valence-electron chi connectivity index (χ2n) is 5.02. The zero-order valence-corrected chi connectivity index (χ0v) is 10.7. The van der Waals surface area contributed by atoms with Crippen molar-refractivity contribution in [3.63, 3.8) is 0 Å². The topological polar surface area (TPSA) is 64.4 Å².